The first-order chi connectivity index (χ1) is 14.7. The molecule has 2 aliphatic rings. The maximum atomic E-state index is 13.5. The molecule has 3 rings (SSSR count). The topological polar surface area (TPSA) is 9.23 Å². The summed E-state index contributed by atoms with van der Waals surface area (Å²) in [6, 6.07) is 3.43. The molecule has 0 bridgehead atoms. The van der Waals surface area contributed by atoms with Crippen molar-refractivity contribution in [2.75, 3.05) is 6.67 Å². The average Bonchev–Trinajstić information content (AvgIpc) is 2.72. The summed E-state index contributed by atoms with van der Waals surface area (Å²) >= 11 is 0. The van der Waals surface area contributed by atoms with E-state index >= 15 is 0 Å². The molecule has 1 nitrogen and oxygen atoms in total. The summed E-state index contributed by atoms with van der Waals surface area (Å²) in [5.41, 5.74) is 0.596. The molecule has 0 atom stereocenters. The molecule has 31 heavy (non-hydrogen) atoms. The van der Waals surface area contributed by atoms with Crippen molar-refractivity contribution < 1.29 is 31.1 Å². The van der Waals surface area contributed by atoms with E-state index in [1.165, 1.54) is 44.6 Å². The summed E-state index contributed by atoms with van der Waals surface area (Å²) in [4.78, 5) is 0. The lowest BCUT2D eigenvalue weighted by Gasteiger charge is -2.27. The van der Waals surface area contributed by atoms with E-state index in [1.54, 1.807) is 0 Å². The molecule has 0 aromatic heterocycles. The van der Waals surface area contributed by atoms with Crippen LogP contribution in [0.25, 0.3) is 0 Å². The molecule has 0 aliphatic heterocycles. The first-order valence-electron chi connectivity index (χ1n) is 11.5. The molecule has 0 saturated heterocycles. The highest BCUT2D eigenvalue weighted by Crippen LogP contribution is 2.36. The van der Waals surface area contributed by atoms with E-state index in [0.717, 1.165) is 24.5 Å². The van der Waals surface area contributed by atoms with Crippen molar-refractivity contribution in [2.24, 2.45) is 11.8 Å². The molecule has 7 heteroatoms. The van der Waals surface area contributed by atoms with Gasteiger partial charge in [0.15, 0.2) is 11.6 Å². The van der Waals surface area contributed by atoms with Crippen molar-refractivity contribution >= 4 is 0 Å². The van der Waals surface area contributed by atoms with Crippen LogP contribution in [0.2, 0.25) is 0 Å². The van der Waals surface area contributed by atoms with Crippen LogP contribution in [-0.2, 0) is 0 Å². The molecular formula is C24H34F6O. The van der Waals surface area contributed by atoms with Gasteiger partial charge in [-0.25, -0.2) is 8.78 Å². The van der Waals surface area contributed by atoms with Crippen LogP contribution in [0, 0.1) is 17.7 Å². The number of rotatable bonds is 6. The number of ether oxygens (including phenoxy) is 1. The second kappa shape index (κ2) is 12.6. The van der Waals surface area contributed by atoms with Crippen molar-refractivity contribution in [3.63, 3.8) is 0 Å². The predicted octanol–water partition coefficient (Wildman–Crippen LogP) is 8.67. The van der Waals surface area contributed by atoms with Crippen LogP contribution < -0.4 is 4.74 Å². The fourth-order valence-electron chi connectivity index (χ4n) is 4.74. The van der Waals surface area contributed by atoms with E-state index in [9.17, 15) is 26.3 Å². The lowest BCUT2D eigenvalue weighted by atomic mass is 9.79. The average molecular weight is 453 g/mol. The smallest absolute Gasteiger partial charge is 0.403 e. The van der Waals surface area contributed by atoms with Gasteiger partial charge in [-0.1, -0.05) is 51.5 Å². The Kier molecular flexibility index (Phi) is 10.5. The Morgan fingerprint density at radius 3 is 1.97 bits per heavy atom. The first kappa shape index (κ1) is 25.9. The quantitative estimate of drug-likeness (QED) is 0.392. The number of halogens is 6. The minimum atomic E-state index is -4.91. The second-order valence-corrected chi connectivity index (χ2v) is 8.84. The molecule has 0 spiro atoms. The van der Waals surface area contributed by atoms with Gasteiger partial charge in [-0.3, -0.25) is 4.39 Å². The van der Waals surface area contributed by atoms with Crippen LogP contribution in [0.4, 0.5) is 26.3 Å². The highest BCUT2D eigenvalue weighted by Gasteiger charge is 2.32. The van der Waals surface area contributed by atoms with Crippen molar-refractivity contribution in [3.05, 3.63) is 29.6 Å². The maximum Gasteiger partial charge on any atom is 0.573 e. The highest BCUT2D eigenvalue weighted by molar-refractivity contribution is 5.31. The molecule has 178 valence electrons. The summed E-state index contributed by atoms with van der Waals surface area (Å²) < 4.78 is 78.0. The Balaban J connectivity index is 0.000000245. The molecule has 0 amide bonds. The molecule has 0 radical (unpaired) electrons. The van der Waals surface area contributed by atoms with Crippen LogP contribution in [0.5, 0.6) is 5.75 Å². The predicted molar refractivity (Wildman–Crippen MR) is 110 cm³/mol. The Bertz CT molecular complexity index is 617. The number of hydrogen-bond donors (Lipinski definition) is 0. The first-order valence-corrected chi connectivity index (χ1v) is 11.5. The largest absolute Gasteiger partial charge is 0.573 e. The van der Waals surface area contributed by atoms with Gasteiger partial charge in [-0.05, 0) is 67.6 Å². The molecule has 2 aliphatic carbocycles. The van der Waals surface area contributed by atoms with Gasteiger partial charge in [0.1, 0.15) is 6.17 Å². The van der Waals surface area contributed by atoms with E-state index in [1.807, 2.05) is 0 Å². The second-order valence-electron chi connectivity index (χ2n) is 8.84. The third kappa shape index (κ3) is 9.32. The Morgan fingerprint density at radius 1 is 0.903 bits per heavy atom. The normalized spacial score (nSPS) is 26.7. The van der Waals surface area contributed by atoms with E-state index in [0.29, 0.717) is 37.2 Å². The van der Waals surface area contributed by atoms with Gasteiger partial charge in [-0.15, -0.1) is 13.2 Å². The summed E-state index contributed by atoms with van der Waals surface area (Å²) in [5.74, 6) is -0.206. The molecule has 1 aromatic carbocycles. The van der Waals surface area contributed by atoms with Gasteiger partial charge in [-0.2, -0.15) is 0 Å². The van der Waals surface area contributed by atoms with Crippen LogP contribution in [0.15, 0.2) is 18.2 Å². The Labute approximate surface area is 181 Å². The minimum absolute atomic E-state index is 0.00133. The number of benzene rings is 1. The van der Waals surface area contributed by atoms with Crippen LogP contribution in [-0.4, -0.2) is 19.2 Å². The molecule has 1 aromatic rings. The zero-order valence-electron chi connectivity index (χ0n) is 18.2. The SMILES string of the molecule is CCCC1CCC(CCF)CC1.Fc1cc(C2CCC(F)CC2)ccc1OC(F)(F)F. The van der Waals surface area contributed by atoms with Crippen molar-refractivity contribution in [1.82, 2.24) is 0 Å². The van der Waals surface area contributed by atoms with E-state index < -0.39 is 24.1 Å². The maximum absolute atomic E-state index is 13.5. The van der Waals surface area contributed by atoms with Crippen molar-refractivity contribution in [2.45, 2.75) is 96.0 Å². The minimum Gasteiger partial charge on any atom is -0.403 e. The Hall–Kier alpha value is -1.40. The van der Waals surface area contributed by atoms with Crippen LogP contribution in [0.3, 0.4) is 0 Å². The summed E-state index contributed by atoms with van der Waals surface area (Å²) in [7, 11) is 0. The number of alkyl halides is 5. The monoisotopic (exact) mass is 452 g/mol. The van der Waals surface area contributed by atoms with Crippen molar-refractivity contribution in [1.29, 1.82) is 0 Å². The summed E-state index contributed by atoms with van der Waals surface area (Å²) in [6.07, 6.45) is 5.07. The molecule has 0 N–H and O–H groups in total. The van der Waals surface area contributed by atoms with Gasteiger partial charge < -0.3 is 4.74 Å². The zero-order chi connectivity index (χ0) is 22.9. The standard InChI is InChI=1S/C13H13F5O.C11H21F/c14-10-4-1-8(2-5-10)9-3-6-12(11(15)7-9)19-13(16,17)18;1-2-3-10-4-6-11(7-5-10)8-9-12/h3,6-8,10H,1-2,4-5H2;10-11H,2-9H2,1H3. The molecule has 2 saturated carbocycles. The Morgan fingerprint density at radius 2 is 1.48 bits per heavy atom. The van der Waals surface area contributed by atoms with Crippen LogP contribution >= 0.6 is 0 Å². The van der Waals surface area contributed by atoms with E-state index in [4.69, 9.17) is 0 Å². The third-order valence-electron chi connectivity index (χ3n) is 6.49. The fourth-order valence-corrected chi connectivity index (χ4v) is 4.74. The van der Waals surface area contributed by atoms with Gasteiger partial charge in [0.25, 0.3) is 0 Å². The van der Waals surface area contributed by atoms with Crippen molar-refractivity contribution in [3.8, 4) is 5.75 Å². The lowest BCUT2D eigenvalue weighted by Crippen LogP contribution is -2.18. The summed E-state index contributed by atoms with van der Waals surface area (Å²) in [5, 5.41) is 0. The van der Waals surface area contributed by atoms with Gasteiger partial charge in [0, 0.05) is 0 Å². The van der Waals surface area contributed by atoms with Crippen LogP contribution in [0.1, 0.15) is 89.0 Å². The van der Waals surface area contributed by atoms with E-state index in [2.05, 4.69) is 11.7 Å². The molecule has 0 heterocycles. The fraction of sp³-hybridized carbons (Fsp3) is 0.750. The van der Waals surface area contributed by atoms with Gasteiger partial charge in [0.2, 0.25) is 0 Å². The van der Waals surface area contributed by atoms with E-state index in [-0.39, 0.29) is 12.6 Å². The molecular weight excluding hydrogens is 418 g/mol. The summed E-state index contributed by atoms with van der Waals surface area (Å²) in [6.45, 7) is 2.15. The highest BCUT2D eigenvalue weighted by atomic mass is 19.4. The third-order valence-corrected chi connectivity index (χ3v) is 6.49. The van der Waals surface area contributed by atoms with Gasteiger partial charge >= 0.3 is 6.36 Å². The lowest BCUT2D eigenvalue weighted by molar-refractivity contribution is -0.275. The zero-order valence-corrected chi connectivity index (χ0v) is 18.2. The molecule has 2 fully saturated rings. The number of hydrogen-bond acceptors (Lipinski definition) is 1. The molecule has 0 unspecified atom stereocenters. The van der Waals surface area contributed by atoms with Gasteiger partial charge in [0.05, 0.1) is 6.67 Å².